The lowest BCUT2D eigenvalue weighted by molar-refractivity contribution is -0.164. The normalized spacial score (nSPS) is 25.7. The van der Waals surface area contributed by atoms with Crippen molar-refractivity contribution < 1.29 is 24.5 Å². The van der Waals surface area contributed by atoms with Crippen molar-refractivity contribution in [1.29, 1.82) is 0 Å². The summed E-state index contributed by atoms with van der Waals surface area (Å²) in [6.45, 7) is 5.35. The predicted octanol–water partition coefficient (Wildman–Crippen LogP) is 1.97. The third kappa shape index (κ3) is 3.44. The standard InChI is InChI=1S/C18H22N2O5S2/c1-4-25-18(24)15-16(26-6-5-12-11(7-21)19-8-27-12)9(2)14-13(10(3)22)17(23)20(14)15/h5-6,8-10,13-14,21-22H,4,7H2,1-3H3/b6-5-/t9-,10-,13-,14-/m1/s1. The van der Waals surface area contributed by atoms with E-state index >= 15 is 0 Å². The molecule has 0 aliphatic carbocycles. The Morgan fingerprint density at radius 3 is 2.93 bits per heavy atom. The molecule has 4 atom stereocenters. The SMILES string of the molecule is CCOC(=O)C1=C(S/C=C\c2scnc2CO)[C@H](C)[C@@H]2[C@@H]([C@@H](C)O)C(=O)N12. The van der Waals surface area contributed by atoms with Crippen molar-refractivity contribution in [2.45, 2.75) is 39.5 Å². The molecule has 0 unspecified atom stereocenters. The molecule has 1 amide bonds. The average molecular weight is 411 g/mol. The van der Waals surface area contributed by atoms with Crippen LogP contribution >= 0.6 is 23.1 Å². The van der Waals surface area contributed by atoms with Crippen molar-refractivity contribution in [2.75, 3.05) is 6.61 Å². The summed E-state index contributed by atoms with van der Waals surface area (Å²) in [6.07, 6.45) is 1.06. The molecule has 2 aliphatic heterocycles. The minimum absolute atomic E-state index is 0.0878. The fourth-order valence-electron chi connectivity index (χ4n) is 3.57. The highest BCUT2D eigenvalue weighted by Crippen LogP contribution is 2.51. The quantitative estimate of drug-likeness (QED) is 0.524. The zero-order valence-corrected chi connectivity index (χ0v) is 16.9. The molecule has 0 aromatic carbocycles. The van der Waals surface area contributed by atoms with Crippen molar-refractivity contribution >= 4 is 41.1 Å². The summed E-state index contributed by atoms with van der Waals surface area (Å²) in [7, 11) is 0. The van der Waals surface area contributed by atoms with Crippen LogP contribution in [0.25, 0.3) is 6.08 Å². The number of esters is 1. The van der Waals surface area contributed by atoms with Gasteiger partial charge in [0.25, 0.3) is 0 Å². The number of thioether (sulfide) groups is 1. The molecule has 3 heterocycles. The molecule has 1 fully saturated rings. The Hall–Kier alpha value is -1.68. The second-order valence-corrected chi connectivity index (χ2v) is 8.26. The summed E-state index contributed by atoms with van der Waals surface area (Å²) in [5.74, 6) is -1.35. The van der Waals surface area contributed by atoms with E-state index in [1.165, 1.54) is 28.0 Å². The van der Waals surface area contributed by atoms with Gasteiger partial charge in [0.05, 0.1) is 47.4 Å². The van der Waals surface area contributed by atoms with Crippen LogP contribution < -0.4 is 0 Å². The van der Waals surface area contributed by atoms with Crippen molar-refractivity contribution in [2.24, 2.45) is 11.8 Å². The minimum Gasteiger partial charge on any atom is -0.461 e. The number of ether oxygens (including phenoxy) is 1. The highest BCUT2D eigenvalue weighted by molar-refractivity contribution is 8.06. The maximum absolute atomic E-state index is 12.5. The number of aliphatic hydroxyl groups excluding tert-OH is 2. The highest BCUT2D eigenvalue weighted by Gasteiger charge is 2.60. The number of thiazole rings is 1. The van der Waals surface area contributed by atoms with Crippen LogP contribution in [0.1, 0.15) is 31.3 Å². The molecular formula is C18H22N2O5S2. The van der Waals surface area contributed by atoms with Crippen LogP contribution in [0.15, 0.2) is 21.5 Å². The van der Waals surface area contributed by atoms with Crippen LogP contribution in [-0.2, 0) is 20.9 Å². The number of nitrogens with zero attached hydrogens (tertiary/aromatic N) is 2. The summed E-state index contributed by atoms with van der Waals surface area (Å²) >= 11 is 2.77. The monoisotopic (exact) mass is 410 g/mol. The van der Waals surface area contributed by atoms with Gasteiger partial charge in [-0.1, -0.05) is 18.7 Å². The number of hydrogen-bond acceptors (Lipinski definition) is 8. The van der Waals surface area contributed by atoms with Gasteiger partial charge < -0.3 is 19.8 Å². The first-order chi connectivity index (χ1) is 12.9. The van der Waals surface area contributed by atoms with Gasteiger partial charge in [0.1, 0.15) is 5.70 Å². The lowest BCUT2D eigenvalue weighted by Crippen LogP contribution is -2.63. The maximum atomic E-state index is 12.5. The second-order valence-electron chi connectivity index (χ2n) is 6.43. The molecule has 0 bridgehead atoms. The van der Waals surface area contributed by atoms with Gasteiger partial charge in [0.2, 0.25) is 5.91 Å². The summed E-state index contributed by atoms with van der Waals surface area (Å²) in [4.78, 5) is 32.1. The summed E-state index contributed by atoms with van der Waals surface area (Å²) in [5.41, 5.74) is 2.54. The number of β-lactam (4-membered cyclic amide) rings is 1. The number of carbonyl (C=O) groups is 2. The molecule has 0 spiro atoms. The first kappa shape index (κ1) is 20.1. The van der Waals surface area contributed by atoms with E-state index in [1.807, 2.05) is 18.4 Å². The number of aliphatic hydroxyl groups is 2. The number of amides is 1. The van der Waals surface area contributed by atoms with E-state index in [1.54, 1.807) is 19.4 Å². The maximum Gasteiger partial charge on any atom is 0.355 e. The number of hydrogen-bond donors (Lipinski definition) is 2. The van der Waals surface area contributed by atoms with Gasteiger partial charge in [-0.3, -0.25) is 4.79 Å². The second kappa shape index (κ2) is 8.14. The topological polar surface area (TPSA) is 100.0 Å². The van der Waals surface area contributed by atoms with Gasteiger partial charge in [-0.25, -0.2) is 9.78 Å². The van der Waals surface area contributed by atoms with Crippen molar-refractivity contribution in [3.8, 4) is 0 Å². The molecular weight excluding hydrogens is 388 g/mol. The number of rotatable bonds is 7. The molecule has 0 saturated carbocycles. The Labute approximate surface area is 165 Å². The van der Waals surface area contributed by atoms with Gasteiger partial charge >= 0.3 is 5.97 Å². The molecule has 1 saturated heterocycles. The Bertz CT molecular complexity index is 801. The Morgan fingerprint density at radius 1 is 1.56 bits per heavy atom. The molecule has 0 radical (unpaired) electrons. The number of fused-ring (bicyclic) bond motifs is 1. The van der Waals surface area contributed by atoms with Crippen molar-refractivity contribution in [1.82, 2.24) is 9.88 Å². The van der Waals surface area contributed by atoms with Gasteiger partial charge in [-0.05, 0) is 25.3 Å². The van der Waals surface area contributed by atoms with Gasteiger partial charge in [-0.2, -0.15) is 0 Å². The zero-order chi connectivity index (χ0) is 19.7. The molecule has 2 N–H and O–H groups in total. The third-order valence-corrected chi connectivity index (χ3v) is 6.74. The molecule has 27 heavy (non-hydrogen) atoms. The molecule has 2 aliphatic rings. The summed E-state index contributed by atoms with van der Waals surface area (Å²) in [5, 5.41) is 21.1. The van der Waals surface area contributed by atoms with E-state index in [9.17, 15) is 19.8 Å². The van der Waals surface area contributed by atoms with Crippen LogP contribution in [0.3, 0.4) is 0 Å². The van der Waals surface area contributed by atoms with E-state index in [0.29, 0.717) is 5.69 Å². The average Bonchev–Trinajstić information content (AvgIpc) is 3.16. The van der Waals surface area contributed by atoms with Crippen molar-refractivity contribution in [3.63, 3.8) is 0 Å². The highest BCUT2D eigenvalue weighted by atomic mass is 32.2. The molecule has 146 valence electrons. The zero-order valence-electron chi connectivity index (χ0n) is 15.3. The molecule has 3 rings (SSSR count). The van der Waals surface area contributed by atoms with E-state index in [4.69, 9.17) is 4.74 Å². The van der Waals surface area contributed by atoms with Crippen LogP contribution in [0, 0.1) is 11.8 Å². The lowest BCUT2D eigenvalue weighted by atomic mass is 9.79. The van der Waals surface area contributed by atoms with Gasteiger partial charge in [-0.15, -0.1) is 11.3 Å². The molecule has 1 aromatic rings. The molecule has 7 nitrogen and oxygen atoms in total. The van der Waals surface area contributed by atoms with Crippen LogP contribution in [0.2, 0.25) is 0 Å². The number of carbonyl (C=O) groups excluding carboxylic acids is 2. The van der Waals surface area contributed by atoms with E-state index in [-0.39, 0.29) is 36.8 Å². The van der Waals surface area contributed by atoms with E-state index in [0.717, 1.165) is 9.78 Å². The molecule has 1 aromatic heterocycles. The van der Waals surface area contributed by atoms with Crippen LogP contribution in [-0.4, -0.2) is 50.7 Å². The Morgan fingerprint density at radius 2 is 2.30 bits per heavy atom. The molecule has 9 heteroatoms. The summed E-state index contributed by atoms with van der Waals surface area (Å²) < 4.78 is 5.16. The van der Waals surface area contributed by atoms with Crippen molar-refractivity contribution in [3.05, 3.63) is 32.1 Å². The third-order valence-electron chi connectivity index (χ3n) is 4.81. The van der Waals surface area contributed by atoms with E-state index in [2.05, 4.69) is 4.98 Å². The first-order valence-corrected chi connectivity index (χ1v) is 10.5. The largest absolute Gasteiger partial charge is 0.461 e. The number of aromatic nitrogens is 1. The fraction of sp³-hybridized carbons (Fsp3) is 0.500. The predicted molar refractivity (Wildman–Crippen MR) is 103 cm³/mol. The first-order valence-electron chi connectivity index (χ1n) is 8.71. The Kier molecular flexibility index (Phi) is 6.05. The minimum atomic E-state index is -0.770. The van der Waals surface area contributed by atoms with E-state index < -0.39 is 18.0 Å². The van der Waals surface area contributed by atoms with Gasteiger partial charge in [0, 0.05) is 10.8 Å². The van der Waals surface area contributed by atoms with Gasteiger partial charge in [0.15, 0.2) is 0 Å². The van der Waals surface area contributed by atoms with Crippen LogP contribution in [0.5, 0.6) is 0 Å². The fourth-order valence-corrected chi connectivity index (χ4v) is 5.35. The van der Waals surface area contributed by atoms with Crippen LogP contribution in [0.4, 0.5) is 0 Å². The lowest BCUT2D eigenvalue weighted by Gasteiger charge is -2.46. The summed E-state index contributed by atoms with van der Waals surface area (Å²) in [6, 6.07) is -0.232. The smallest absolute Gasteiger partial charge is 0.355 e. The Balaban J connectivity index is 1.88.